The Kier molecular flexibility index (Phi) is 4.58. The lowest BCUT2D eigenvalue weighted by molar-refractivity contribution is 0.351. The SMILES string of the molecule is Cc1ccc([C@]2(C)CC(C)(C)N(S(=O)(=O)c3ccccc3)c3ccccc32)cc1. The fraction of sp³-hybridized carbons (Fsp3) is 0.280. The average Bonchev–Trinajstić information content (AvgIpc) is 2.68. The lowest BCUT2D eigenvalue weighted by Crippen LogP contribution is -2.55. The monoisotopic (exact) mass is 405 g/mol. The van der Waals surface area contributed by atoms with Gasteiger partial charge in [0.05, 0.1) is 16.1 Å². The van der Waals surface area contributed by atoms with Crippen LogP contribution >= 0.6 is 0 Å². The molecule has 1 aliphatic heterocycles. The first-order valence-corrected chi connectivity index (χ1v) is 11.4. The fourth-order valence-corrected chi connectivity index (χ4v) is 6.65. The van der Waals surface area contributed by atoms with E-state index >= 15 is 0 Å². The first-order chi connectivity index (χ1) is 13.7. The number of hydrogen-bond donors (Lipinski definition) is 0. The molecule has 1 aliphatic rings. The van der Waals surface area contributed by atoms with Crippen LogP contribution in [-0.2, 0) is 15.4 Å². The number of benzene rings is 3. The van der Waals surface area contributed by atoms with Crippen LogP contribution in [0.15, 0.2) is 83.8 Å². The summed E-state index contributed by atoms with van der Waals surface area (Å²) in [5.74, 6) is 0. The lowest BCUT2D eigenvalue weighted by atomic mass is 9.66. The molecular weight excluding hydrogens is 378 g/mol. The van der Waals surface area contributed by atoms with Gasteiger partial charge in [0.15, 0.2) is 0 Å². The molecule has 0 radical (unpaired) electrons. The van der Waals surface area contributed by atoms with Crippen LogP contribution < -0.4 is 4.31 Å². The first-order valence-electron chi connectivity index (χ1n) is 9.93. The van der Waals surface area contributed by atoms with Crippen molar-refractivity contribution >= 4 is 15.7 Å². The van der Waals surface area contributed by atoms with Crippen molar-refractivity contribution in [2.75, 3.05) is 4.31 Å². The van der Waals surface area contributed by atoms with Crippen LogP contribution in [0.3, 0.4) is 0 Å². The Morgan fingerprint density at radius 1 is 0.793 bits per heavy atom. The Balaban J connectivity index is 1.95. The zero-order valence-electron chi connectivity index (χ0n) is 17.4. The molecular formula is C25H27NO2S. The third kappa shape index (κ3) is 3.16. The van der Waals surface area contributed by atoms with Crippen LogP contribution in [0.2, 0.25) is 0 Å². The second kappa shape index (κ2) is 6.74. The van der Waals surface area contributed by atoms with Gasteiger partial charge in [-0.1, -0.05) is 73.2 Å². The van der Waals surface area contributed by atoms with E-state index in [4.69, 9.17) is 0 Å². The minimum Gasteiger partial charge on any atom is -0.260 e. The smallest absolute Gasteiger partial charge is 0.260 e. The van der Waals surface area contributed by atoms with Gasteiger partial charge in [-0.15, -0.1) is 0 Å². The summed E-state index contributed by atoms with van der Waals surface area (Å²) in [4.78, 5) is 0.321. The van der Waals surface area contributed by atoms with Gasteiger partial charge in [-0.3, -0.25) is 4.31 Å². The van der Waals surface area contributed by atoms with Gasteiger partial charge in [0.2, 0.25) is 0 Å². The number of nitrogens with zero attached hydrogens (tertiary/aromatic N) is 1. The molecule has 3 aromatic rings. The molecule has 0 aromatic heterocycles. The molecule has 0 N–H and O–H groups in total. The van der Waals surface area contributed by atoms with Crippen molar-refractivity contribution < 1.29 is 8.42 Å². The predicted molar refractivity (Wildman–Crippen MR) is 119 cm³/mol. The highest BCUT2D eigenvalue weighted by molar-refractivity contribution is 7.93. The van der Waals surface area contributed by atoms with Crippen LogP contribution in [-0.4, -0.2) is 14.0 Å². The van der Waals surface area contributed by atoms with E-state index < -0.39 is 15.6 Å². The van der Waals surface area contributed by atoms with Crippen molar-refractivity contribution in [3.05, 3.63) is 95.6 Å². The van der Waals surface area contributed by atoms with E-state index in [1.165, 1.54) is 11.1 Å². The summed E-state index contributed by atoms with van der Waals surface area (Å²) in [6.07, 6.45) is 0.687. The normalized spacial score (nSPS) is 20.9. The zero-order chi connectivity index (χ0) is 20.9. The molecule has 3 nitrogen and oxygen atoms in total. The minimum absolute atomic E-state index is 0.281. The molecule has 0 bridgehead atoms. The van der Waals surface area contributed by atoms with Gasteiger partial charge >= 0.3 is 0 Å². The molecule has 3 aromatic carbocycles. The minimum atomic E-state index is -3.69. The number of para-hydroxylation sites is 1. The standard InChI is InChI=1S/C25H27NO2S/c1-19-14-16-20(17-15-19)25(4)18-24(2,3)26(23-13-9-8-12-22(23)25)29(27,28)21-10-6-5-7-11-21/h5-17H,18H2,1-4H3/t25-/m0/s1. The summed E-state index contributed by atoms with van der Waals surface area (Å²) in [7, 11) is -3.69. The maximum absolute atomic E-state index is 13.7. The molecule has 29 heavy (non-hydrogen) atoms. The first kappa shape index (κ1) is 19.7. The molecule has 0 unspecified atom stereocenters. The Labute approximate surface area is 174 Å². The highest BCUT2D eigenvalue weighted by atomic mass is 32.2. The number of rotatable bonds is 3. The third-order valence-corrected chi connectivity index (χ3v) is 8.06. The van der Waals surface area contributed by atoms with E-state index in [0.29, 0.717) is 11.3 Å². The summed E-state index contributed by atoms with van der Waals surface area (Å²) in [6.45, 7) is 8.36. The molecule has 0 aliphatic carbocycles. The van der Waals surface area contributed by atoms with Gasteiger partial charge in [0.1, 0.15) is 0 Å². The second-order valence-corrected chi connectivity index (χ2v) is 10.6. The Hall–Kier alpha value is -2.59. The summed E-state index contributed by atoms with van der Waals surface area (Å²) in [6, 6.07) is 25.2. The Bertz CT molecular complexity index is 1130. The predicted octanol–water partition coefficient (Wildman–Crippen LogP) is 5.68. The fourth-order valence-electron chi connectivity index (χ4n) is 4.81. The van der Waals surface area contributed by atoms with Gasteiger partial charge in [-0.25, -0.2) is 8.42 Å². The largest absolute Gasteiger partial charge is 0.264 e. The van der Waals surface area contributed by atoms with E-state index in [1.807, 2.05) is 38.1 Å². The molecule has 4 rings (SSSR count). The van der Waals surface area contributed by atoms with Crippen LogP contribution in [0.4, 0.5) is 5.69 Å². The quantitative estimate of drug-likeness (QED) is 0.562. The lowest BCUT2D eigenvalue weighted by Gasteiger charge is -2.51. The van der Waals surface area contributed by atoms with Crippen LogP contribution in [0.25, 0.3) is 0 Å². The molecule has 0 spiro atoms. The molecule has 0 amide bonds. The van der Waals surface area contributed by atoms with Crippen molar-refractivity contribution in [1.29, 1.82) is 0 Å². The van der Waals surface area contributed by atoms with Crippen molar-refractivity contribution in [3.63, 3.8) is 0 Å². The summed E-state index contributed by atoms with van der Waals surface area (Å²) in [5.41, 5.74) is 3.35. The number of aryl methyl sites for hydroxylation is 1. The molecule has 0 fully saturated rings. The number of fused-ring (bicyclic) bond motifs is 1. The molecule has 0 saturated carbocycles. The van der Waals surface area contributed by atoms with Crippen molar-refractivity contribution in [2.24, 2.45) is 0 Å². The van der Waals surface area contributed by atoms with E-state index in [2.05, 4.69) is 44.2 Å². The maximum Gasteiger partial charge on any atom is 0.264 e. The van der Waals surface area contributed by atoms with Gasteiger partial charge < -0.3 is 0 Å². The van der Waals surface area contributed by atoms with Gasteiger partial charge in [0, 0.05) is 5.41 Å². The van der Waals surface area contributed by atoms with Gasteiger partial charge in [-0.2, -0.15) is 0 Å². The number of anilines is 1. The van der Waals surface area contributed by atoms with E-state index in [1.54, 1.807) is 28.6 Å². The van der Waals surface area contributed by atoms with Crippen molar-refractivity contribution in [1.82, 2.24) is 0 Å². The van der Waals surface area contributed by atoms with Crippen molar-refractivity contribution in [2.45, 2.75) is 50.0 Å². The van der Waals surface area contributed by atoms with E-state index in [9.17, 15) is 8.42 Å². The second-order valence-electron chi connectivity index (χ2n) is 8.79. The summed E-state index contributed by atoms with van der Waals surface area (Å²) in [5, 5.41) is 0. The van der Waals surface area contributed by atoms with E-state index in [0.717, 1.165) is 11.3 Å². The van der Waals surface area contributed by atoms with Gasteiger partial charge in [0.25, 0.3) is 10.0 Å². The summed E-state index contributed by atoms with van der Waals surface area (Å²) < 4.78 is 29.0. The molecule has 4 heteroatoms. The highest BCUT2D eigenvalue weighted by Gasteiger charge is 2.49. The van der Waals surface area contributed by atoms with Crippen LogP contribution in [0.1, 0.15) is 43.9 Å². The highest BCUT2D eigenvalue weighted by Crippen LogP contribution is 2.51. The zero-order valence-corrected chi connectivity index (χ0v) is 18.2. The van der Waals surface area contributed by atoms with Crippen molar-refractivity contribution in [3.8, 4) is 0 Å². The third-order valence-electron chi connectivity index (χ3n) is 6.02. The molecule has 1 heterocycles. The topological polar surface area (TPSA) is 37.4 Å². The van der Waals surface area contributed by atoms with Gasteiger partial charge in [-0.05, 0) is 56.5 Å². The maximum atomic E-state index is 13.7. The van der Waals surface area contributed by atoms with Crippen LogP contribution in [0.5, 0.6) is 0 Å². The number of sulfonamides is 1. The van der Waals surface area contributed by atoms with E-state index in [-0.39, 0.29) is 5.41 Å². The average molecular weight is 406 g/mol. The molecule has 150 valence electrons. The Morgan fingerprint density at radius 3 is 2.03 bits per heavy atom. The molecule has 1 atom stereocenters. The van der Waals surface area contributed by atoms with Crippen LogP contribution in [0, 0.1) is 6.92 Å². The number of hydrogen-bond acceptors (Lipinski definition) is 2. The summed E-state index contributed by atoms with van der Waals surface area (Å²) >= 11 is 0. The molecule has 0 saturated heterocycles. The Morgan fingerprint density at radius 2 is 1.38 bits per heavy atom.